The van der Waals surface area contributed by atoms with Gasteiger partial charge in [0.15, 0.2) is 0 Å². The quantitative estimate of drug-likeness (QED) is 0.271. The van der Waals surface area contributed by atoms with Gasteiger partial charge in [-0.2, -0.15) is 13.2 Å². The minimum Gasteiger partial charge on any atom is -0.465 e. The molecule has 4 saturated carbocycles. The molecule has 38 heavy (non-hydrogen) atoms. The average Bonchev–Trinajstić information content (AvgIpc) is 3.25. The molecule has 0 saturated heterocycles. The summed E-state index contributed by atoms with van der Waals surface area (Å²) >= 11 is 0. The van der Waals surface area contributed by atoms with Gasteiger partial charge in [0, 0.05) is 33.7 Å². The molecule has 2 aromatic carbocycles. The lowest BCUT2D eigenvalue weighted by Gasteiger charge is -2.57. The molecule has 0 radical (unpaired) electrons. The lowest BCUT2D eigenvalue weighted by molar-refractivity contribution is -0.137. The summed E-state index contributed by atoms with van der Waals surface area (Å²) in [5.74, 6) is 1.81. The number of methoxy groups -OCH3 is 1. The minimum atomic E-state index is -4.52. The Kier molecular flexibility index (Phi) is 5.10. The number of nitrogens with zero attached hydrogens (tertiary/aromatic N) is 1. The van der Waals surface area contributed by atoms with E-state index in [1.165, 1.54) is 75.7 Å². The van der Waals surface area contributed by atoms with Crippen LogP contribution in [-0.2, 0) is 16.3 Å². The van der Waals surface area contributed by atoms with Crippen molar-refractivity contribution in [3.63, 3.8) is 0 Å². The van der Waals surface area contributed by atoms with E-state index in [9.17, 15) is 18.0 Å². The lowest BCUT2D eigenvalue weighted by Crippen LogP contribution is -2.48. The molecule has 8 heteroatoms. The van der Waals surface area contributed by atoms with Gasteiger partial charge in [0.2, 0.25) is 0 Å². The minimum absolute atomic E-state index is 0.171. The van der Waals surface area contributed by atoms with Crippen LogP contribution >= 0.6 is 0 Å². The van der Waals surface area contributed by atoms with Gasteiger partial charge >= 0.3 is 12.1 Å². The van der Waals surface area contributed by atoms with Gasteiger partial charge in [0.05, 0.1) is 30.1 Å². The fourth-order valence-corrected chi connectivity index (χ4v) is 7.99. The number of H-pyrrole nitrogens is 1. The van der Waals surface area contributed by atoms with E-state index in [0.717, 1.165) is 34.7 Å². The summed E-state index contributed by atoms with van der Waals surface area (Å²) in [5.41, 5.74) is 2.87. The number of halogens is 3. The Labute approximate surface area is 217 Å². The van der Waals surface area contributed by atoms with E-state index in [-0.39, 0.29) is 11.0 Å². The summed E-state index contributed by atoms with van der Waals surface area (Å²) in [6, 6.07) is 10.3. The van der Waals surface area contributed by atoms with Crippen molar-refractivity contribution in [1.82, 2.24) is 9.97 Å². The summed E-state index contributed by atoms with van der Waals surface area (Å²) in [6.07, 6.45) is 6.01. The van der Waals surface area contributed by atoms with Gasteiger partial charge in [0.25, 0.3) is 0 Å². The van der Waals surface area contributed by atoms with E-state index in [0.29, 0.717) is 22.3 Å². The molecule has 4 aliphatic carbocycles. The molecule has 0 aliphatic heterocycles. The van der Waals surface area contributed by atoms with Crippen molar-refractivity contribution < 1.29 is 22.7 Å². The monoisotopic (exact) mass is 519 g/mol. The third kappa shape index (κ3) is 3.76. The fraction of sp³-hybridized carbons (Fsp3) is 0.400. The molecule has 4 bridgehead atoms. The first kappa shape index (κ1) is 23.6. The second-order valence-corrected chi connectivity index (χ2v) is 11.6. The molecule has 8 rings (SSSR count). The van der Waals surface area contributed by atoms with Gasteiger partial charge in [-0.25, -0.2) is 4.79 Å². The fourth-order valence-electron chi connectivity index (χ4n) is 7.99. The van der Waals surface area contributed by atoms with Crippen LogP contribution < -0.4 is 5.32 Å². The summed E-state index contributed by atoms with van der Waals surface area (Å²) in [7, 11) is 1.27. The van der Waals surface area contributed by atoms with Gasteiger partial charge in [-0.15, -0.1) is 0 Å². The highest BCUT2D eigenvalue weighted by Crippen LogP contribution is 2.61. The van der Waals surface area contributed by atoms with Crippen LogP contribution in [0.25, 0.3) is 21.8 Å². The smallest absolute Gasteiger partial charge is 0.416 e. The van der Waals surface area contributed by atoms with E-state index < -0.39 is 17.7 Å². The largest absolute Gasteiger partial charge is 0.465 e. The Morgan fingerprint density at radius 2 is 1.71 bits per heavy atom. The number of carbonyl (C=O) groups excluding carboxylic acids is 1. The first-order valence-electron chi connectivity index (χ1n) is 13.2. The van der Waals surface area contributed by atoms with E-state index in [4.69, 9.17) is 4.74 Å². The van der Waals surface area contributed by atoms with Gasteiger partial charge in [0.1, 0.15) is 0 Å². The number of hydrogen-bond acceptors (Lipinski definition) is 4. The van der Waals surface area contributed by atoms with E-state index in [1.54, 1.807) is 0 Å². The van der Waals surface area contributed by atoms with Crippen molar-refractivity contribution in [2.45, 2.75) is 50.1 Å². The van der Waals surface area contributed by atoms with Gasteiger partial charge in [-0.3, -0.25) is 4.98 Å². The molecule has 0 spiro atoms. The van der Waals surface area contributed by atoms with Gasteiger partial charge in [-0.05, 0) is 97.6 Å². The zero-order valence-corrected chi connectivity index (χ0v) is 21.0. The standard InChI is InChI=1S/C30H28F3N3O2/c1-38-28(37)19-7-22(15-34-14-19)35-25-9-21(30(31,32)33)10-26-27(25)23-8-20(2-3-24(23)36-26)29-11-16-4-17(12-29)6-18(5-16)13-29/h2-3,7-10,14-18,35-36H,4-6,11-13H2,1H3. The Bertz CT molecular complexity index is 1550. The van der Waals surface area contributed by atoms with Crippen LogP contribution in [0.1, 0.15) is 60.0 Å². The number of fused-ring (bicyclic) bond motifs is 3. The molecule has 4 fully saturated rings. The van der Waals surface area contributed by atoms with Crippen molar-refractivity contribution in [1.29, 1.82) is 0 Å². The maximum atomic E-state index is 13.9. The number of rotatable bonds is 4. The maximum absolute atomic E-state index is 13.9. The number of aromatic amines is 1. The molecule has 4 aliphatic rings. The summed E-state index contributed by atoms with van der Waals surface area (Å²) in [4.78, 5) is 19.3. The third-order valence-electron chi connectivity index (χ3n) is 9.11. The second kappa shape index (κ2) is 8.22. The molecule has 4 aromatic rings. The molecule has 2 aromatic heterocycles. The molecule has 2 N–H and O–H groups in total. The summed E-state index contributed by atoms with van der Waals surface area (Å²) in [6.45, 7) is 0. The van der Waals surface area contributed by atoms with Crippen LogP contribution in [0.3, 0.4) is 0 Å². The van der Waals surface area contributed by atoms with Crippen LogP contribution in [0.15, 0.2) is 48.8 Å². The molecule has 0 unspecified atom stereocenters. The van der Waals surface area contributed by atoms with Gasteiger partial charge < -0.3 is 15.0 Å². The number of hydrogen-bond donors (Lipinski definition) is 2. The third-order valence-corrected chi connectivity index (χ3v) is 9.11. The van der Waals surface area contributed by atoms with Crippen LogP contribution in [0.2, 0.25) is 0 Å². The zero-order valence-electron chi connectivity index (χ0n) is 21.0. The lowest BCUT2D eigenvalue weighted by atomic mass is 9.48. The van der Waals surface area contributed by atoms with Crippen molar-refractivity contribution in [2.75, 3.05) is 12.4 Å². The molecule has 5 nitrogen and oxygen atoms in total. The number of carbonyl (C=O) groups is 1. The molecular weight excluding hydrogens is 491 g/mol. The van der Waals surface area contributed by atoms with Gasteiger partial charge in [-0.1, -0.05) is 6.07 Å². The van der Waals surface area contributed by atoms with Crippen LogP contribution in [-0.4, -0.2) is 23.0 Å². The Morgan fingerprint density at radius 3 is 2.37 bits per heavy atom. The van der Waals surface area contributed by atoms with Crippen LogP contribution in [0, 0.1) is 17.8 Å². The number of benzene rings is 2. The number of esters is 1. The van der Waals surface area contributed by atoms with Crippen molar-refractivity contribution in [2.24, 2.45) is 17.8 Å². The predicted molar refractivity (Wildman–Crippen MR) is 140 cm³/mol. The molecule has 2 heterocycles. The Balaban J connectivity index is 1.38. The second-order valence-electron chi connectivity index (χ2n) is 11.6. The number of pyridine rings is 1. The Morgan fingerprint density at radius 1 is 1.00 bits per heavy atom. The molecular formula is C30H28F3N3O2. The predicted octanol–water partition coefficient (Wildman–Crippen LogP) is 7.73. The molecule has 0 amide bonds. The SMILES string of the molecule is COC(=O)c1cncc(Nc2cc(C(F)(F)F)cc3[nH]c4ccc(C56CC7CC(CC(C7)C5)C6)cc4c23)c1. The van der Waals surface area contributed by atoms with E-state index in [1.807, 2.05) is 6.07 Å². The summed E-state index contributed by atoms with van der Waals surface area (Å²) < 4.78 is 46.4. The van der Waals surface area contributed by atoms with Crippen LogP contribution in [0.4, 0.5) is 24.5 Å². The zero-order chi connectivity index (χ0) is 26.2. The van der Waals surface area contributed by atoms with Crippen molar-refractivity contribution >= 4 is 39.1 Å². The number of ether oxygens (including phenoxy) is 1. The molecule has 0 atom stereocenters. The highest BCUT2D eigenvalue weighted by molar-refractivity contribution is 6.14. The number of alkyl halides is 3. The van der Waals surface area contributed by atoms with Crippen molar-refractivity contribution in [3.8, 4) is 0 Å². The van der Waals surface area contributed by atoms with Crippen LogP contribution in [0.5, 0.6) is 0 Å². The van der Waals surface area contributed by atoms with Crippen molar-refractivity contribution in [3.05, 3.63) is 65.5 Å². The number of aromatic nitrogens is 2. The average molecular weight is 520 g/mol. The molecule has 196 valence electrons. The Hall–Kier alpha value is -3.55. The first-order chi connectivity index (χ1) is 18.2. The van der Waals surface area contributed by atoms with E-state index >= 15 is 0 Å². The first-order valence-corrected chi connectivity index (χ1v) is 13.2. The topological polar surface area (TPSA) is 67.0 Å². The number of nitrogens with one attached hydrogen (secondary N) is 2. The summed E-state index contributed by atoms with van der Waals surface area (Å²) in [5, 5.41) is 4.72. The van der Waals surface area contributed by atoms with E-state index in [2.05, 4.69) is 27.4 Å². The number of anilines is 2. The maximum Gasteiger partial charge on any atom is 0.416 e. The normalized spacial score (nSPS) is 26.3. The highest BCUT2D eigenvalue weighted by atomic mass is 19.4. The highest BCUT2D eigenvalue weighted by Gasteiger charge is 2.51.